The third-order valence-corrected chi connectivity index (χ3v) is 6.02. The van der Waals surface area contributed by atoms with E-state index in [9.17, 15) is 19.1 Å². The molecule has 0 spiro atoms. The molecule has 11 heteroatoms. The second-order valence-electron chi connectivity index (χ2n) is 8.09. The summed E-state index contributed by atoms with van der Waals surface area (Å²) in [7, 11) is 0. The van der Waals surface area contributed by atoms with Crippen LogP contribution in [0.4, 0.5) is 10.2 Å². The zero-order valence-electron chi connectivity index (χ0n) is 16.7. The summed E-state index contributed by atoms with van der Waals surface area (Å²) in [5.74, 6) is -1.76. The molecule has 1 saturated carbocycles. The maximum Gasteiger partial charge on any atom is 0.341 e. The average molecular weight is 427 g/mol. The number of aromatic carboxylic acids is 1. The Hall–Kier alpha value is -3.34. The Balaban J connectivity index is 1.47. The van der Waals surface area contributed by atoms with Crippen LogP contribution in [0, 0.1) is 5.82 Å². The third kappa shape index (κ3) is 3.44. The lowest BCUT2D eigenvalue weighted by molar-refractivity contribution is 0.0695. The first kappa shape index (κ1) is 19.6. The molecule has 4 heterocycles. The number of hydrogen-bond acceptors (Lipinski definition) is 7. The molecule has 0 atom stereocenters. The highest BCUT2D eigenvalue weighted by atomic mass is 19.1. The summed E-state index contributed by atoms with van der Waals surface area (Å²) in [5.41, 5.74) is 5.58. The first-order chi connectivity index (χ1) is 15.0. The molecule has 1 aliphatic carbocycles. The number of hydrogen-bond donors (Lipinski definition) is 2. The molecule has 0 amide bonds. The van der Waals surface area contributed by atoms with Gasteiger partial charge in [0, 0.05) is 31.9 Å². The van der Waals surface area contributed by atoms with Gasteiger partial charge in [0.15, 0.2) is 11.6 Å². The predicted molar refractivity (Wildman–Crippen MR) is 110 cm³/mol. The van der Waals surface area contributed by atoms with Crippen LogP contribution in [-0.2, 0) is 6.54 Å². The van der Waals surface area contributed by atoms with Gasteiger partial charge in [-0.1, -0.05) is 5.21 Å². The van der Waals surface area contributed by atoms with Crippen molar-refractivity contribution < 1.29 is 14.3 Å². The second-order valence-corrected chi connectivity index (χ2v) is 8.09. The second kappa shape index (κ2) is 7.41. The van der Waals surface area contributed by atoms with Gasteiger partial charge in [-0.05, 0) is 31.7 Å². The Morgan fingerprint density at radius 1 is 1.19 bits per heavy atom. The minimum Gasteiger partial charge on any atom is -0.477 e. The van der Waals surface area contributed by atoms with Crippen LogP contribution in [0.3, 0.4) is 0 Å². The van der Waals surface area contributed by atoms with Gasteiger partial charge in [-0.3, -0.25) is 4.79 Å². The minimum atomic E-state index is -1.32. The number of halogens is 1. The summed E-state index contributed by atoms with van der Waals surface area (Å²) in [5, 5.41) is 17.5. The molecule has 1 saturated heterocycles. The van der Waals surface area contributed by atoms with Crippen molar-refractivity contribution in [3.63, 3.8) is 0 Å². The molecule has 2 fully saturated rings. The Morgan fingerprint density at radius 2 is 1.94 bits per heavy atom. The molecule has 1 aliphatic heterocycles. The summed E-state index contributed by atoms with van der Waals surface area (Å²) in [6.07, 6.45) is 6.40. The van der Waals surface area contributed by atoms with Crippen molar-refractivity contribution in [3.05, 3.63) is 45.8 Å². The fraction of sp³-hybridized carbons (Fsp3) is 0.450. The SMILES string of the molecule is NCc1cn(C2CCN(c3nc4c(cc3F)c(=O)c(C(=O)O)cn4C3CC3)CC2)nn1. The molecule has 0 aromatic carbocycles. The van der Waals surface area contributed by atoms with Crippen molar-refractivity contribution in [2.24, 2.45) is 5.73 Å². The highest BCUT2D eigenvalue weighted by Gasteiger charge is 2.30. The first-order valence-corrected chi connectivity index (χ1v) is 10.3. The van der Waals surface area contributed by atoms with E-state index < -0.39 is 17.2 Å². The van der Waals surface area contributed by atoms with E-state index in [0.29, 0.717) is 25.3 Å². The molecule has 10 nitrogen and oxygen atoms in total. The summed E-state index contributed by atoms with van der Waals surface area (Å²) < 4.78 is 18.5. The Labute approximate surface area is 176 Å². The molecule has 5 rings (SSSR count). The lowest BCUT2D eigenvalue weighted by Crippen LogP contribution is -2.36. The van der Waals surface area contributed by atoms with Gasteiger partial charge in [0.1, 0.15) is 11.2 Å². The molecule has 0 bridgehead atoms. The highest BCUT2D eigenvalue weighted by Crippen LogP contribution is 2.37. The van der Waals surface area contributed by atoms with Crippen LogP contribution in [0.1, 0.15) is 53.8 Å². The van der Waals surface area contributed by atoms with E-state index in [-0.39, 0.29) is 28.9 Å². The van der Waals surface area contributed by atoms with Crippen molar-refractivity contribution in [1.82, 2.24) is 24.5 Å². The van der Waals surface area contributed by atoms with Crippen LogP contribution in [0.5, 0.6) is 0 Å². The van der Waals surface area contributed by atoms with Crippen molar-refractivity contribution in [1.29, 1.82) is 0 Å². The Morgan fingerprint density at radius 3 is 2.55 bits per heavy atom. The number of pyridine rings is 2. The number of nitrogens with two attached hydrogens (primary N) is 1. The number of nitrogens with zero attached hydrogens (tertiary/aromatic N) is 6. The molecular weight excluding hydrogens is 405 g/mol. The van der Waals surface area contributed by atoms with E-state index in [0.717, 1.165) is 37.4 Å². The van der Waals surface area contributed by atoms with Crippen molar-refractivity contribution in [2.75, 3.05) is 18.0 Å². The van der Waals surface area contributed by atoms with Crippen LogP contribution in [0.15, 0.2) is 23.3 Å². The molecule has 162 valence electrons. The summed E-state index contributed by atoms with van der Waals surface area (Å²) >= 11 is 0. The Kier molecular flexibility index (Phi) is 4.69. The van der Waals surface area contributed by atoms with Gasteiger partial charge in [-0.2, -0.15) is 0 Å². The lowest BCUT2D eigenvalue weighted by atomic mass is 10.1. The lowest BCUT2D eigenvalue weighted by Gasteiger charge is -2.33. The zero-order valence-corrected chi connectivity index (χ0v) is 16.7. The normalized spacial score (nSPS) is 17.4. The maximum absolute atomic E-state index is 15.0. The van der Waals surface area contributed by atoms with E-state index in [1.165, 1.54) is 6.20 Å². The quantitative estimate of drug-likeness (QED) is 0.625. The topological polar surface area (TPSA) is 132 Å². The predicted octanol–water partition coefficient (Wildman–Crippen LogP) is 1.46. The van der Waals surface area contributed by atoms with Crippen LogP contribution in [0.2, 0.25) is 0 Å². The number of piperidine rings is 1. The largest absolute Gasteiger partial charge is 0.477 e. The minimum absolute atomic E-state index is 0.000125. The van der Waals surface area contributed by atoms with E-state index in [4.69, 9.17) is 5.73 Å². The molecule has 3 aromatic rings. The molecule has 3 N–H and O–H groups in total. The number of carbonyl (C=O) groups is 1. The number of rotatable bonds is 5. The van der Waals surface area contributed by atoms with Crippen LogP contribution in [0.25, 0.3) is 11.0 Å². The van der Waals surface area contributed by atoms with Crippen LogP contribution >= 0.6 is 0 Å². The van der Waals surface area contributed by atoms with Crippen molar-refractivity contribution >= 4 is 22.8 Å². The van der Waals surface area contributed by atoms with Gasteiger partial charge in [0.05, 0.1) is 23.3 Å². The molecule has 2 aliphatic rings. The van der Waals surface area contributed by atoms with E-state index >= 15 is 0 Å². The fourth-order valence-electron chi connectivity index (χ4n) is 4.17. The highest BCUT2D eigenvalue weighted by molar-refractivity contribution is 5.92. The van der Waals surface area contributed by atoms with Crippen LogP contribution < -0.4 is 16.1 Å². The number of fused-ring (bicyclic) bond motifs is 1. The monoisotopic (exact) mass is 427 g/mol. The van der Waals surface area contributed by atoms with E-state index in [1.54, 1.807) is 4.57 Å². The van der Waals surface area contributed by atoms with E-state index in [1.807, 2.05) is 15.8 Å². The molecule has 0 radical (unpaired) electrons. The summed E-state index contributed by atoms with van der Waals surface area (Å²) in [6, 6.07) is 1.36. The Bertz CT molecular complexity index is 1230. The van der Waals surface area contributed by atoms with E-state index in [2.05, 4.69) is 15.3 Å². The van der Waals surface area contributed by atoms with Gasteiger partial charge >= 0.3 is 5.97 Å². The fourth-order valence-corrected chi connectivity index (χ4v) is 4.17. The molecular formula is C20H22FN7O3. The van der Waals surface area contributed by atoms with Crippen molar-refractivity contribution in [3.8, 4) is 0 Å². The van der Waals surface area contributed by atoms with Gasteiger partial charge in [-0.25, -0.2) is 18.9 Å². The van der Waals surface area contributed by atoms with Gasteiger partial charge in [-0.15, -0.1) is 5.10 Å². The smallest absolute Gasteiger partial charge is 0.341 e. The summed E-state index contributed by atoms with van der Waals surface area (Å²) in [4.78, 5) is 30.4. The maximum atomic E-state index is 15.0. The molecule has 0 unspecified atom stereocenters. The number of aromatic nitrogens is 5. The number of carboxylic acids is 1. The summed E-state index contributed by atoms with van der Waals surface area (Å²) in [6.45, 7) is 1.47. The van der Waals surface area contributed by atoms with Gasteiger partial charge in [0.2, 0.25) is 5.43 Å². The number of anilines is 1. The molecule has 31 heavy (non-hydrogen) atoms. The molecule has 3 aromatic heterocycles. The average Bonchev–Trinajstić information content (AvgIpc) is 3.50. The number of carboxylic acid groups (broad SMARTS) is 1. The standard InChI is InChI=1S/C20H22FN7O3/c21-16-7-14-17(29)15(20(30)31)10-27(12-1-2-12)18(14)23-19(16)26-5-3-13(4-6-26)28-9-11(8-22)24-25-28/h7,9-10,12-13H,1-6,8,22H2,(H,30,31). The van der Waals surface area contributed by atoms with Crippen LogP contribution in [-0.4, -0.2) is 48.7 Å². The van der Waals surface area contributed by atoms with Gasteiger partial charge in [0.25, 0.3) is 0 Å². The first-order valence-electron chi connectivity index (χ1n) is 10.3. The zero-order chi connectivity index (χ0) is 21.7. The van der Waals surface area contributed by atoms with Crippen molar-refractivity contribution in [2.45, 2.75) is 44.3 Å². The van der Waals surface area contributed by atoms with Gasteiger partial charge < -0.3 is 20.3 Å². The third-order valence-electron chi connectivity index (χ3n) is 6.02.